The predicted molar refractivity (Wildman–Crippen MR) is 80.3 cm³/mol. The van der Waals surface area contributed by atoms with Crippen molar-refractivity contribution in [3.05, 3.63) is 0 Å². The Morgan fingerprint density at radius 1 is 1.39 bits per heavy atom. The fourth-order valence-electron chi connectivity index (χ4n) is 1.77. The smallest absolute Gasteiger partial charge is 0.323 e. The van der Waals surface area contributed by atoms with Crippen LogP contribution in [0.3, 0.4) is 0 Å². The van der Waals surface area contributed by atoms with Gasteiger partial charge in [0.25, 0.3) is 0 Å². The second-order valence-electron chi connectivity index (χ2n) is 5.63. The van der Waals surface area contributed by atoms with Crippen molar-refractivity contribution in [2.24, 2.45) is 5.92 Å². The first-order valence-corrected chi connectivity index (χ1v) is 7.96. The molecule has 0 aliphatic rings. The van der Waals surface area contributed by atoms with Crippen LogP contribution in [0, 0.1) is 5.92 Å². The van der Waals surface area contributed by atoms with Gasteiger partial charge in [0, 0.05) is 5.25 Å². The van der Waals surface area contributed by atoms with Crippen molar-refractivity contribution in [1.82, 2.24) is 5.32 Å². The molecular formula is C14H29NO2S. The molecule has 2 atom stereocenters. The molecule has 0 rings (SSSR count). The quantitative estimate of drug-likeness (QED) is 0.641. The largest absolute Gasteiger partial charge is 0.480 e. The first-order chi connectivity index (χ1) is 8.31. The van der Waals surface area contributed by atoms with Gasteiger partial charge in [-0.3, -0.25) is 4.79 Å². The van der Waals surface area contributed by atoms with Crippen LogP contribution in [-0.4, -0.2) is 34.2 Å². The van der Waals surface area contributed by atoms with Gasteiger partial charge in [-0.05, 0) is 44.4 Å². The number of rotatable bonds is 10. The van der Waals surface area contributed by atoms with E-state index in [2.05, 4.69) is 33.0 Å². The Hall–Kier alpha value is -0.220. The van der Waals surface area contributed by atoms with Gasteiger partial charge in [-0.1, -0.05) is 27.7 Å². The Kier molecular flexibility index (Phi) is 8.70. The summed E-state index contributed by atoms with van der Waals surface area (Å²) in [4.78, 5) is 11.4. The van der Waals surface area contributed by atoms with Gasteiger partial charge in [-0.25, -0.2) is 0 Å². The Bertz CT molecular complexity index is 246. The minimum absolute atomic E-state index is 0.370. The number of carbonyl (C=O) groups is 1. The molecule has 2 unspecified atom stereocenters. The zero-order chi connectivity index (χ0) is 14.2. The lowest BCUT2D eigenvalue weighted by atomic mass is 9.96. The summed E-state index contributed by atoms with van der Waals surface area (Å²) in [6.45, 7) is 11.2. The zero-order valence-electron chi connectivity index (χ0n) is 12.5. The van der Waals surface area contributed by atoms with Gasteiger partial charge in [0.1, 0.15) is 5.54 Å². The maximum absolute atomic E-state index is 11.4. The average molecular weight is 275 g/mol. The van der Waals surface area contributed by atoms with Crippen LogP contribution < -0.4 is 5.32 Å². The number of hydrogen-bond donors (Lipinski definition) is 2. The lowest BCUT2D eigenvalue weighted by molar-refractivity contribution is -0.144. The molecule has 0 aliphatic carbocycles. The summed E-state index contributed by atoms with van der Waals surface area (Å²) in [6, 6.07) is 0. The molecule has 18 heavy (non-hydrogen) atoms. The normalized spacial score (nSPS) is 16.6. The lowest BCUT2D eigenvalue weighted by Gasteiger charge is -2.29. The van der Waals surface area contributed by atoms with E-state index in [9.17, 15) is 9.90 Å². The maximum atomic E-state index is 11.4. The van der Waals surface area contributed by atoms with E-state index < -0.39 is 11.5 Å². The standard InChI is InChI=1S/C14H29NO2S/c1-6-8-15-14(5,13(16)17)10-12(4)18-9-7-11(2)3/h11-12,15H,6-10H2,1-5H3,(H,16,17). The maximum Gasteiger partial charge on any atom is 0.323 e. The van der Waals surface area contributed by atoms with Crippen LogP contribution in [0.4, 0.5) is 0 Å². The van der Waals surface area contributed by atoms with Gasteiger partial charge in [0.2, 0.25) is 0 Å². The molecule has 0 aromatic rings. The molecule has 2 N–H and O–H groups in total. The van der Waals surface area contributed by atoms with Crippen LogP contribution in [0.2, 0.25) is 0 Å². The fourth-order valence-corrected chi connectivity index (χ4v) is 3.24. The van der Waals surface area contributed by atoms with E-state index in [1.165, 1.54) is 6.42 Å². The van der Waals surface area contributed by atoms with E-state index in [1.54, 1.807) is 6.92 Å². The Morgan fingerprint density at radius 3 is 2.44 bits per heavy atom. The van der Waals surface area contributed by atoms with E-state index in [0.717, 1.165) is 18.7 Å². The summed E-state index contributed by atoms with van der Waals surface area (Å²) >= 11 is 1.88. The topological polar surface area (TPSA) is 49.3 Å². The first kappa shape index (κ1) is 17.8. The van der Waals surface area contributed by atoms with Crippen molar-refractivity contribution >= 4 is 17.7 Å². The molecule has 0 aliphatic heterocycles. The number of thioether (sulfide) groups is 1. The fraction of sp³-hybridized carbons (Fsp3) is 0.929. The van der Waals surface area contributed by atoms with Crippen molar-refractivity contribution in [2.75, 3.05) is 12.3 Å². The predicted octanol–water partition coefficient (Wildman–Crippen LogP) is 3.39. The van der Waals surface area contributed by atoms with Crippen molar-refractivity contribution in [2.45, 2.75) is 64.7 Å². The van der Waals surface area contributed by atoms with E-state index in [4.69, 9.17) is 0 Å². The van der Waals surface area contributed by atoms with E-state index in [1.807, 2.05) is 11.8 Å². The molecule has 0 aromatic carbocycles. The molecule has 0 heterocycles. The van der Waals surface area contributed by atoms with Crippen LogP contribution in [0.5, 0.6) is 0 Å². The molecule has 108 valence electrons. The van der Waals surface area contributed by atoms with Crippen molar-refractivity contribution in [1.29, 1.82) is 0 Å². The molecule has 3 nitrogen and oxygen atoms in total. The van der Waals surface area contributed by atoms with Gasteiger partial charge in [0.15, 0.2) is 0 Å². The van der Waals surface area contributed by atoms with Gasteiger partial charge in [-0.15, -0.1) is 0 Å². The molecule has 0 bridgehead atoms. The van der Waals surface area contributed by atoms with Crippen molar-refractivity contribution in [3.63, 3.8) is 0 Å². The highest BCUT2D eigenvalue weighted by Crippen LogP contribution is 2.23. The third-order valence-corrected chi connectivity index (χ3v) is 4.24. The molecule has 0 fully saturated rings. The summed E-state index contributed by atoms with van der Waals surface area (Å²) < 4.78 is 0. The third-order valence-electron chi connectivity index (χ3n) is 3.03. The van der Waals surface area contributed by atoms with Gasteiger partial charge in [0.05, 0.1) is 0 Å². The average Bonchev–Trinajstić information content (AvgIpc) is 2.25. The summed E-state index contributed by atoms with van der Waals surface area (Å²) in [7, 11) is 0. The number of aliphatic carboxylic acids is 1. The molecule has 0 spiro atoms. The zero-order valence-corrected chi connectivity index (χ0v) is 13.3. The minimum Gasteiger partial charge on any atom is -0.480 e. The Morgan fingerprint density at radius 2 is 2.00 bits per heavy atom. The second kappa shape index (κ2) is 8.81. The van der Waals surface area contributed by atoms with Crippen LogP contribution in [0.25, 0.3) is 0 Å². The van der Waals surface area contributed by atoms with Crippen LogP contribution in [-0.2, 0) is 4.79 Å². The van der Waals surface area contributed by atoms with Crippen molar-refractivity contribution in [3.8, 4) is 0 Å². The Labute approximate surface area is 116 Å². The minimum atomic E-state index is -0.791. The third kappa shape index (κ3) is 7.27. The van der Waals surface area contributed by atoms with Gasteiger partial charge in [-0.2, -0.15) is 11.8 Å². The number of nitrogens with one attached hydrogen (secondary N) is 1. The highest BCUT2D eigenvalue weighted by Gasteiger charge is 2.33. The molecule has 0 amide bonds. The van der Waals surface area contributed by atoms with E-state index >= 15 is 0 Å². The van der Waals surface area contributed by atoms with E-state index in [-0.39, 0.29) is 0 Å². The molecule has 0 aromatic heterocycles. The lowest BCUT2D eigenvalue weighted by Crippen LogP contribution is -2.51. The highest BCUT2D eigenvalue weighted by atomic mass is 32.2. The van der Waals surface area contributed by atoms with Crippen LogP contribution >= 0.6 is 11.8 Å². The molecule has 0 radical (unpaired) electrons. The number of carboxylic acids is 1. The molecule has 0 saturated heterocycles. The SMILES string of the molecule is CCCNC(C)(CC(C)SCCC(C)C)C(=O)O. The molecule has 0 saturated carbocycles. The van der Waals surface area contributed by atoms with E-state index in [0.29, 0.717) is 17.6 Å². The van der Waals surface area contributed by atoms with Crippen molar-refractivity contribution < 1.29 is 9.90 Å². The molecular weight excluding hydrogens is 246 g/mol. The van der Waals surface area contributed by atoms with Gasteiger partial charge >= 0.3 is 5.97 Å². The summed E-state index contributed by atoms with van der Waals surface area (Å²) in [5, 5.41) is 12.9. The highest BCUT2D eigenvalue weighted by molar-refractivity contribution is 7.99. The summed E-state index contributed by atoms with van der Waals surface area (Å²) in [6.07, 6.45) is 2.82. The monoisotopic (exact) mass is 275 g/mol. The Balaban J connectivity index is 4.18. The molecule has 4 heteroatoms. The van der Waals surface area contributed by atoms with Gasteiger partial charge < -0.3 is 10.4 Å². The van der Waals surface area contributed by atoms with Crippen LogP contribution in [0.15, 0.2) is 0 Å². The number of hydrogen-bond acceptors (Lipinski definition) is 3. The summed E-state index contributed by atoms with van der Waals surface area (Å²) in [5.74, 6) is 1.09. The van der Waals surface area contributed by atoms with Crippen LogP contribution in [0.1, 0.15) is 53.9 Å². The first-order valence-electron chi connectivity index (χ1n) is 6.91. The summed E-state index contributed by atoms with van der Waals surface area (Å²) in [5.41, 5.74) is -0.791. The second-order valence-corrected chi connectivity index (χ2v) is 7.18. The number of carboxylic acid groups (broad SMARTS) is 1.